The highest BCUT2D eigenvalue weighted by molar-refractivity contribution is 5.43. The van der Waals surface area contributed by atoms with Crippen LogP contribution in [-0.4, -0.2) is 46.3 Å². The summed E-state index contributed by atoms with van der Waals surface area (Å²) >= 11 is 0. The van der Waals surface area contributed by atoms with Crippen molar-refractivity contribution in [3.63, 3.8) is 0 Å². The zero-order valence-electron chi connectivity index (χ0n) is 9.72. The van der Waals surface area contributed by atoms with Crippen LogP contribution in [0.15, 0.2) is 18.7 Å². The predicted octanol–water partition coefficient (Wildman–Crippen LogP) is -0.698. The van der Waals surface area contributed by atoms with Crippen LogP contribution in [0, 0.1) is 0 Å². The molecule has 0 fully saturated rings. The number of anilines is 1. The van der Waals surface area contributed by atoms with Crippen LogP contribution in [0.25, 0.3) is 5.65 Å². The lowest BCUT2D eigenvalue weighted by Gasteiger charge is -2.06. The fourth-order valence-electron chi connectivity index (χ4n) is 1.63. The summed E-state index contributed by atoms with van der Waals surface area (Å²) in [5.74, 6) is 1.67. The minimum absolute atomic E-state index is 0.610. The Morgan fingerprint density at radius 3 is 3.06 bits per heavy atom. The topological polar surface area (TPSA) is 98.7 Å². The molecule has 0 unspecified atom stereocenters. The number of tetrazole rings is 1. The van der Waals surface area contributed by atoms with Gasteiger partial charge in [-0.1, -0.05) is 0 Å². The molecule has 0 amide bonds. The Morgan fingerprint density at radius 1 is 1.28 bits per heavy atom. The molecule has 92 valence electrons. The number of rotatable bonds is 4. The van der Waals surface area contributed by atoms with Crippen molar-refractivity contribution in [1.29, 1.82) is 0 Å². The van der Waals surface area contributed by atoms with Gasteiger partial charge in [-0.3, -0.25) is 4.98 Å². The van der Waals surface area contributed by atoms with E-state index in [9.17, 15) is 0 Å². The minimum Gasteiger partial charge on any atom is -0.368 e. The smallest absolute Gasteiger partial charge is 0.199 e. The van der Waals surface area contributed by atoms with Crippen molar-refractivity contribution < 1.29 is 0 Å². The molecule has 3 aromatic rings. The Kier molecular flexibility index (Phi) is 2.56. The maximum absolute atomic E-state index is 4.06. The van der Waals surface area contributed by atoms with Crippen molar-refractivity contribution >= 4 is 11.5 Å². The molecular weight excluding hydrogens is 234 g/mol. The van der Waals surface area contributed by atoms with E-state index in [-0.39, 0.29) is 0 Å². The SMILES string of the molecule is Cn1cnnc1CCNc1cncc2nnnn12. The second-order valence-corrected chi connectivity index (χ2v) is 3.78. The summed E-state index contributed by atoms with van der Waals surface area (Å²) in [5.41, 5.74) is 0.610. The van der Waals surface area contributed by atoms with Crippen LogP contribution in [0.1, 0.15) is 5.82 Å². The molecular formula is C9H11N9. The second-order valence-electron chi connectivity index (χ2n) is 3.78. The van der Waals surface area contributed by atoms with E-state index in [4.69, 9.17) is 0 Å². The summed E-state index contributed by atoms with van der Waals surface area (Å²) in [7, 11) is 1.92. The average Bonchev–Trinajstić information content (AvgIpc) is 2.99. The number of hydrogen-bond donors (Lipinski definition) is 1. The molecule has 3 heterocycles. The van der Waals surface area contributed by atoms with E-state index in [0.29, 0.717) is 12.2 Å². The van der Waals surface area contributed by atoms with E-state index < -0.39 is 0 Å². The molecule has 1 N–H and O–H groups in total. The fourth-order valence-corrected chi connectivity index (χ4v) is 1.63. The van der Waals surface area contributed by atoms with Gasteiger partial charge in [0.2, 0.25) is 0 Å². The molecule has 0 saturated carbocycles. The zero-order chi connectivity index (χ0) is 12.4. The van der Waals surface area contributed by atoms with Gasteiger partial charge in [0.05, 0.1) is 12.4 Å². The van der Waals surface area contributed by atoms with Crippen molar-refractivity contribution in [3.05, 3.63) is 24.5 Å². The molecule has 18 heavy (non-hydrogen) atoms. The lowest BCUT2D eigenvalue weighted by Crippen LogP contribution is -2.11. The van der Waals surface area contributed by atoms with Crippen LogP contribution in [0.4, 0.5) is 5.82 Å². The van der Waals surface area contributed by atoms with Gasteiger partial charge in [0.25, 0.3) is 0 Å². The van der Waals surface area contributed by atoms with Crippen LogP contribution < -0.4 is 5.32 Å². The van der Waals surface area contributed by atoms with Crippen LogP contribution in [0.5, 0.6) is 0 Å². The molecule has 0 aliphatic heterocycles. The third-order valence-electron chi connectivity index (χ3n) is 2.57. The normalized spacial score (nSPS) is 10.9. The first-order valence-corrected chi connectivity index (χ1v) is 5.43. The number of aromatic nitrogens is 8. The van der Waals surface area contributed by atoms with Crippen LogP contribution >= 0.6 is 0 Å². The van der Waals surface area contributed by atoms with E-state index in [2.05, 4.69) is 36.0 Å². The molecule has 0 atom stereocenters. The number of aryl methyl sites for hydroxylation is 1. The molecule has 0 radical (unpaired) electrons. The van der Waals surface area contributed by atoms with Gasteiger partial charge >= 0.3 is 0 Å². The minimum atomic E-state index is 0.610. The molecule has 0 aliphatic carbocycles. The van der Waals surface area contributed by atoms with E-state index in [0.717, 1.165) is 18.1 Å². The zero-order valence-corrected chi connectivity index (χ0v) is 9.72. The Bertz CT molecular complexity index is 655. The van der Waals surface area contributed by atoms with E-state index >= 15 is 0 Å². The molecule has 3 rings (SSSR count). The standard InChI is InChI=1S/C9H11N9/c1-17-6-12-13-7(17)2-3-11-8-4-10-5-9-14-15-16-18(8)9/h4-6,11H,2-3H2,1H3. The summed E-state index contributed by atoms with van der Waals surface area (Å²) in [6.07, 6.45) is 5.72. The third-order valence-corrected chi connectivity index (χ3v) is 2.57. The lowest BCUT2D eigenvalue weighted by atomic mass is 10.4. The summed E-state index contributed by atoms with van der Waals surface area (Å²) in [6.45, 7) is 0.702. The molecule has 0 bridgehead atoms. The van der Waals surface area contributed by atoms with Gasteiger partial charge in [0.1, 0.15) is 18.0 Å². The first-order chi connectivity index (χ1) is 8.84. The molecule has 0 spiro atoms. The Hall–Kier alpha value is -2.58. The number of hydrogen-bond acceptors (Lipinski definition) is 7. The van der Waals surface area contributed by atoms with Crippen LogP contribution in [-0.2, 0) is 13.5 Å². The van der Waals surface area contributed by atoms with Gasteiger partial charge in [0, 0.05) is 20.0 Å². The van der Waals surface area contributed by atoms with Crippen molar-refractivity contribution in [2.24, 2.45) is 7.05 Å². The third kappa shape index (κ3) is 1.85. The lowest BCUT2D eigenvalue weighted by molar-refractivity contribution is 0.778. The maximum atomic E-state index is 4.06. The van der Waals surface area contributed by atoms with Gasteiger partial charge < -0.3 is 9.88 Å². The van der Waals surface area contributed by atoms with E-state index in [1.54, 1.807) is 23.2 Å². The first kappa shape index (κ1) is 10.6. The maximum Gasteiger partial charge on any atom is 0.199 e. The van der Waals surface area contributed by atoms with Crippen molar-refractivity contribution in [2.75, 3.05) is 11.9 Å². The summed E-state index contributed by atoms with van der Waals surface area (Å²) in [6, 6.07) is 0. The Balaban J connectivity index is 1.70. The highest BCUT2D eigenvalue weighted by Gasteiger charge is 2.04. The predicted molar refractivity (Wildman–Crippen MR) is 61.8 cm³/mol. The molecule has 9 heteroatoms. The second kappa shape index (κ2) is 4.35. The number of nitrogens with zero attached hydrogens (tertiary/aromatic N) is 8. The van der Waals surface area contributed by atoms with Crippen molar-refractivity contribution in [1.82, 2.24) is 39.8 Å². The first-order valence-electron chi connectivity index (χ1n) is 5.43. The van der Waals surface area contributed by atoms with Gasteiger partial charge in [-0.15, -0.1) is 15.3 Å². The highest BCUT2D eigenvalue weighted by Crippen LogP contribution is 2.05. The average molecular weight is 245 g/mol. The Morgan fingerprint density at radius 2 is 2.22 bits per heavy atom. The highest BCUT2D eigenvalue weighted by atomic mass is 15.5. The summed E-state index contributed by atoms with van der Waals surface area (Å²) in [5, 5.41) is 22.3. The Labute approximate surface area is 102 Å². The van der Waals surface area contributed by atoms with Crippen molar-refractivity contribution in [2.45, 2.75) is 6.42 Å². The molecule has 3 aromatic heterocycles. The van der Waals surface area contributed by atoms with Crippen LogP contribution in [0.2, 0.25) is 0 Å². The molecule has 0 aliphatic rings. The number of nitrogens with one attached hydrogen (secondary N) is 1. The largest absolute Gasteiger partial charge is 0.368 e. The quantitative estimate of drug-likeness (QED) is 0.649. The van der Waals surface area contributed by atoms with Gasteiger partial charge in [0.15, 0.2) is 5.65 Å². The van der Waals surface area contributed by atoms with Crippen molar-refractivity contribution in [3.8, 4) is 0 Å². The summed E-state index contributed by atoms with van der Waals surface area (Å²) in [4.78, 5) is 4.06. The summed E-state index contributed by atoms with van der Waals surface area (Å²) < 4.78 is 3.49. The van der Waals surface area contributed by atoms with Gasteiger partial charge in [-0.05, 0) is 10.4 Å². The van der Waals surface area contributed by atoms with E-state index in [1.165, 1.54) is 0 Å². The fraction of sp³-hybridized carbons (Fsp3) is 0.333. The van der Waals surface area contributed by atoms with Crippen LogP contribution in [0.3, 0.4) is 0 Å². The van der Waals surface area contributed by atoms with Gasteiger partial charge in [-0.2, -0.15) is 4.52 Å². The van der Waals surface area contributed by atoms with Gasteiger partial charge in [-0.25, -0.2) is 0 Å². The number of fused-ring (bicyclic) bond motifs is 1. The molecule has 0 aromatic carbocycles. The molecule has 0 saturated heterocycles. The molecule has 9 nitrogen and oxygen atoms in total. The monoisotopic (exact) mass is 245 g/mol. The van der Waals surface area contributed by atoms with E-state index in [1.807, 2.05) is 11.6 Å².